The lowest BCUT2D eigenvalue weighted by atomic mass is 10.1. The smallest absolute Gasteiger partial charge is 0.267 e. The molecule has 2 nitrogen and oxygen atoms in total. The molecular weight excluding hydrogens is 265 g/mol. The van der Waals surface area contributed by atoms with Gasteiger partial charge in [-0.05, 0) is 23.9 Å². The third-order valence-corrected chi connectivity index (χ3v) is 4.31. The molecule has 0 aliphatic heterocycles. The van der Waals surface area contributed by atoms with Gasteiger partial charge in [-0.1, -0.05) is 56.3 Å². The summed E-state index contributed by atoms with van der Waals surface area (Å²) in [5, 5.41) is 0.161. The summed E-state index contributed by atoms with van der Waals surface area (Å²) in [6.07, 6.45) is 4.64. The van der Waals surface area contributed by atoms with Crippen LogP contribution in [0.2, 0.25) is 9.36 Å². The third-order valence-electron chi connectivity index (χ3n) is 2.42. The zero-order valence-corrected chi connectivity index (χ0v) is 12.0. The van der Waals surface area contributed by atoms with Gasteiger partial charge in [-0.15, -0.1) is 0 Å². The second-order valence-electron chi connectivity index (χ2n) is 4.33. The Balaban J connectivity index is 2.32. The van der Waals surface area contributed by atoms with E-state index < -0.39 is 0 Å². The van der Waals surface area contributed by atoms with Crippen LogP contribution in [0.15, 0.2) is 4.79 Å². The Labute approximate surface area is 110 Å². The maximum atomic E-state index is 11.5. The molecule has 1 heterocycles. The molecule has 0 unspecified atom stereocenters. The molecule has 5 heteroatoms. The van der Waals surface area contributed by atoms with Gasteiger partial charge in [-0.25, -0.2) is 0 Å². The van der Waals surface area contributed by atoms with Crippen LogP contribution in [0.25, 0.3) is 0 Å². The average molecular weight is 282 g/mol. The van der Waals surface area contributed by atoms with Gasteiger partial charge in [0.25, 0.3) is 5.56 Å². The quantitative estimate of drug-likeness (QED) is 0.707. The summed E-state index contributed by atoms with van der Waals surface area (Å²) < 4.78 is 2.04. The molecule has 0 bridgehead atoms. The number of hydrogen-bond acceptors (Lipinski definition) is 2. The van der Waals surface area contributed by atoms with Gasteiger partial charge in [0.1, 0.15) is 9.36 Å². The molecule has 0 spiro atoms. The molecule has 0 saturated carbocycles. The van der Waals surface area contributed by atoms with Gasteiger partial charge in [0, 0.05) is 6.54 Å². The highest BCUT2D eigenvalue weighted by atomic mass is 35.5. The fourth-order valence-corrected chi connectivity index (χ4v) is 2.85. The van der Waals surface area contributed by atoms with Gasteiger partial charge in [0.2, 0.25) is 0 Å². The SMILES string of the molecule is CC(C)CCCCCn1sc(Cl)c(Cl)c1=O. The fourth-order valence-electron chi connectivity index (χ4n) is 1.50. The summed E-state index contributed by atoms with van der Waals surface area (Å²) in [5.74, 6) is 0.758. The van der Waals surface area contributed by atoms with Crippen LogP contribution in [0.4, 0.5) is 0 Å². The van der Waals surface area contributed by atoms with Crippen molar-refractivity contribution in [2.24, 2.45) is 5.92 Å². The first-order chi connectivity index (χ1) is 7.52. The molecule has 0 aliphatic rings. The second-order valence-corrected chi connectivity index (χ2v) is 6.34. The molecule has 16 heavy (non-hydrogen) atoms. The molecule has 0 fully saturated rings. The van der Waals surface area contributed by atoms with Crippen molar-refractivity contribution in [2.45, 2.75) is 46.1 Å². The van der Waals surface area contributed by atoms with Gasteiger partial charge >= 0.3 is 0 Å². The van der Waals surface area contributed by atoms with E-state index >= 15 is 0 Å². The highest BCUT2D eigenvalue weighted by molar-refractivity contribution is 7.11. The van der Waals surface area contributed by atoms with Crippen LogP contribution >= 0.6 is 34.7 Å². The molecule has 0 aliphatic carbocycles. The Morgan fingerprint density at radius 3 is 2.44 bits per heavy atom. The predicted octanol–water partition coefficient (Wildman–Crippen LogP) is 4.43. The van der Waals surface area contributed by atoms with Crippen molar-refractivity contribution in [2.75, 3.05) is 0 Å². The van der Waals surface area contributed by atoms with Crippen LogP contribution < -0.4 is 5.56 Å². The third kappa shape index (κ3) is 4.11. The van der Waals surface area contributed by atoms with Crippen molar-refractivity contribution in [3.05, 3.63) is 19.7 Å². The number of halogens is 2. The van der Waals surface area contributed by atoms with E-state index in [4.69, 9.17) is 23.2 Å². The van der Waals surface area contributed by atoms with Crippen LogP contribution in [0.1, 0.15) is 39.5 Å². The Morgan fingerprint density at radius 1 is 1.25 bits per heavy atom. The summed E-state index contributed by atoms with van der Waals surface area (Å²) in [7, 11) is 0. The molecule has 92 valence electrons. The van der Waals surface area contributed by atoms with Gasteiger partial charge in [-0.3, -0.25) is 8.75 Å². The summed E-state index contributed by atoms with van der Waals surface area (Å²) in [6.45, 7) is 5.18. The molecule has 0 atom stereocenters. The molecule has 0 N–H and O–H groups in total. The number of rotatable bonds is 6. The van der Waals surface area contributed by atoms with Crippen molar-refractivity contribution >= 4 is 34.7 Å². The zero-order valence-electron chi connectivity index (χ0n) is 9.63. The molecule has 1 aromatic heterocycles. The van der Waals surface area contributed by atoms with E-state index in [1.54, 1.807) is 3.96 Å². The van der Waals surface area contributed by atoms with Gasteiger partial charge in [0.15, 0.2) is 0 Å². The molecule has 0 saturated heterocycles. The van der Waals surface area contributed by atoms with Crippen LogP contribution in [-0.4, -0.2) is 3.96 Å². The topological polar surface area (TPSA) is 22.0 Å². The lowest BCUT2D eigenvalue weighted by Gasteiger charge is -2.04. The summed E-state index contributed by atoms with van der Waals surface area (Å²) in [5.41, 5.74) is -0.152. The monoisotopic (exact) mass is 281 g/mol. The van der Waals surface area contributed by atoms with E-state index in [-0.39, 0.29) is 10.6 Å². The Hall–Kier alpha value is 0.01000. The normalized spacial score (nSPS) is 11.3. The Bertz CT molecular complexity index is 384. The van der Waals surface area contributed by atoms with Crippen LogP contribution in [0.3, 0.4) is 0 Å². The van der Waals surface area contributed by atoms with Crippen LogP contribution in [0, 0.1) is 5.92 Å². The highest BCUT2D eigenvalue weighted by Gasteiger charge is 2.10. The highest BCUT2D eigenvalue weighted by Crippen LogP contribution is 2.23. The first-order valence-electron chi connectivity index (χ1n) is 5.57. The molecule has 0 radical (unpaired) electrons. The largest absolute Gasteiger partial charge is 0.280 e. The average Bonchev–Trinajstić information content (AvgIpc) is 2.45. The van der Waals surface area contributed by atoms with Gasteiger partial charge in [-0.2, -0.15) is 0 Å². The van der Waals surface area contributed by atoms with Crippen molar-refractivity contribution in [3.8, 4) is 0 Å². The molecular formula is C11H17Cl2NOS. The van der Waals surface area contributed by atoms with Crippen molar-refractivity contribution in [1.82, 2.24) is 3.96 Å². The standard InChI is InChI=1S/C11H17Cl2NOS/c1-8(2)6-4-3-5-7-14-11(15)9(12)10(13)16-14/h8H,3-7H2,1-2H3. The Kier molecular flexibility index (Phi) is 5.87. The second kappa shape index (κ2) is 6.67. The van der Waals surface area contributed by atoms with Crippen molar-refractivity contribution in [1.29, 1.82) is 0 Å². The first-order valence-corrected chi connectivity index (χ1v) is 7.10. The molecule has 0 aromatic carbocycles. The van der Waals surface area contributed by atoms with E-state index in [1.165, 1.54) is 24.4 Å². The number of nitrogens with zero attached hydrogens (tertiary/aromatic N) is 1. The van der Waals surface area contributed by atoms with E-state index in [9.17, 15) is 4.79 Å². The van der Waals surface area contributed by atoms with E-state index in [1.807, 2.05) is 0 Å². The molecule has 1 rings (SSSR count). The lowest BCUT2D eigenvalue weighted by molar-refractivity contribution is 0.512. The van der Waals surface area contributed by atoms with Gasteiger partial charge < -0.3 is 0 Å². The van der Waals surface area contributed by atoms with Gasteiger partial charge in [0.05, 0.1) is 0 Å². The van der Waals surface area contributed by atoms with Crippen LogP contribution in [0.5, 0.6) is 0 Å². The minimum Gasteiger partial charge on any atom is -0.267 e. The van der Waals surface area contributed by atoms with Crippen molar-refractivity contribution in [3.63, 3.8) is 0 Å². The van der Waals surface area contributed by atoms with E-state index in [0.717, 1.165) is 25.3 Å². The lowest BCUT2D eigenvalue weighted by Crippen LogP contribution is -2.13. The zero-order chi connectivity index (χ0) is 12.1. The summed E-state index contributed by atoms with van der Waals surface area (Å²) >= 11 is 12.8. The maximum absolute atomic E-state index is 11.5. The van der Waals surface area contributed by atoms with E-state index in [0.29, 0.717) is 4.34 Å². The number of aromatic nitrogens is 1. The molecule has 0 amide bonds. The number of aryl methyl sites for hydroxylation is 1. The fraction of sp³-hybridized carbons (Fsp3) is 0.727. The van der Waals surface area contributed by atoms with Crippen LogP contribution in [-0.2, 0) is 6.54 Å². The Morgan fingerprint density at radius 2 is 1.94 bits per heavy atom. The summed E-state index contributed by atoms with van der Waals surface area (Å²) in [4.78, 5) is 11.5. The maximum Gasteiger partial charge on any atom is 0.280 e. The summed E-state index contributed by atoms with van der Waals surface area (Å²) in [6, 6.07) is 0. The van der Waals surface area contributed by atoms with Crippen molar-refractivity contribution < 1.29 is 0 Å². The molecule has 1 aromatic rings. The predicted molar refractivity (Wildman–Crippen MR) is 71.9 cm³/mol. The minimum atomic E-state index is -0.152. The minimum absolute atomic E-state index is 0.152. The van der Waals surface area contributed by atoms with E-state index in [2.05, 4.69) is 13.8 Å². The number of hydrogen-bond donors (Lipinski definition) is 0. The first kappa shape index (κ1) is 14.1. The number of unbranched alkanes of at least 4 members (excludes halogenated alkanes) is 2.